The third kappa shape index (κ3) is 4.06. The molecule has 3 fully saturated rings. The van der Waals surface area contributed by atoms with E-state index in [1.165, 1.54) is 12.4 Å². The molecule has 1 saturated heterocycles. The summed E-state index contributed by atoms with van der Waals surface area (Å²) in [5.41, 5.74) is 0.369. The van der Waals surface area contributed by atoms with Crippen molar-refractivity contribution in [1.29, 1.82) is 5.26 Å². The number of alkyl halides is 2. The van der Waals surface area contributed by atoms with Gasteiger partial charge in [-0.3, -0.25) is 4.40 Å². The highest BCUT2D eigenvalue weighted by Crippen LogP contribution is 2.41. The lowest BCUT2D eigenvalue weighted by atomic mass is 10.1. The van der Waals surface area contributed by atoms with Crippen LogP contribution < -0.4 is 9.62 Å². The molecule has 2 aliphatic carbocycles. The van der Waals surface area contributed by atoms with Crippen LogP contribution in [0.25, 0.3) is 16.3 Å². The van der Waals surface area contributed by atoms with Crippen LogP contribution in [-0.2, 0) is 14.8 Å². The number of fused-ring (bicyclic) bond motifs is 1. The zero-order valence-corrected chi connectivity index (χ0v) is 20.0. The molecule has 6 rings (SSSR count). The summed E-state index contributed by atoms with van der Waals surface area (Å²) in [7, 11) is -4.06. The van der Waals surface area contributed by atoms with E-state index in [1.54, 1.807) is 10.5 Å². The predicted molar refractivity (Wildman–Crippen MR) is 122 cm³/mol. The normalized spacial score (nSPS) is 22.0. The quantitative estimate of drug-likeness (QED) is 0.503. The molecule has 0 aromatic carbocycles. The van der Waals surface area contributed by atoms with Crippen LogP contribution in [0.1, 0.15) is 37.1 Å². The molecule has 10 nitrogen and oxygen atoms in total. The lowest BCUT2D eigenvalue weighted by Crippen LogP contribution is -2.47. The summed E-state index contributed by atoms with van der Waals surface area (Å²) < 4.78 is 62.8. The van der Waals surface area contributed by atoms with E-state index in [9.17, 15) is 22.5 Å². The van der Waals surface area contributed by atoms with E-state index in [1.807, 2.05) is 6.07 Å². The summed E-state index contributed by atoms with van der Waals surface area (Å²) in [6, 6.07) is 3.70. The topological polar surface area (TPSA) is 126 Å². The third-order valence-electron chi connectivity index (χ3n) is 6.65. The number of nitriles is 1. The molecule has 0 bridgehead atoms. The van der Waals surface area contributed by atoms with Gasteiger partial charge in [-0.15, -0.1) is 10.2 Å². The Labute approximate surface area is 203 Å². The second kappa shape index (κ2) is 8.16. The Bertz CT molecular complexity index is 1440. The van der Waals surface area contributed by atoms with E-state index < -0.39 is 27.0 Å². The lowest BCUT2D eigenvalue weighted by molar-refractivity contribution is 0.0879. The maximum Gasteiger partial charge on any atom is 0.291 e. The van der Waals surface area contributed by atoms with Crippen LogP contribution in [-0.4, -0.2) is 59.3 Å². The van der Waals surface area contributed by atoms with Gasteiger partial charge >= 0.3 is 0 Å². The van der Waals surface area contributed by atoms with Crippen molar-refractivity contribution in [2.45, 2.75) is 48.6 Å². The Morgan fingerprint density at radius 1 is 1.31 bits per heavy atom. The third-order valence-corrected chi connectivity index (χ3v) is 9.11. The van der Waals surface area contributed by atoms with Gasteiger partial charge in [0.05, 0.1) is 37.2 Å². The average molecular weight is 522 g/mol. The van der Waals surface area contributed by atoms with Gasteiger partial charge in [-0.2, -0.15) is 9.98 Å². The molecule has 0 unspecified atom stereocenters. The molecule has 1 atom stereocenters. The monoisotopic (exact) mass is 521 g/mol. The number of nitrogens with zero attached hydrogens (tertiary/aromatic N) is 6. The number of anilines is 1. The molecule has 0 amide bonds. The lowest BCUT2D eigenvalue weighted by Gasteiger charge is -2.38. The SMILES string of the molecule is N#CC1(NS(=O)(=O)c2cc(N3CCOC[C@H]3C3CC3)c3ncc(-c4nnc(C(F)F)s4)n3c2)CC1. The Kier molecular flexibility index (Phi) is 5.29. The van der Waals surface area contributed by atoms with Crippen molar-refractivity contribution in [3.05, 3.63) is 23.5 Å². The summed E-state index contributed by atoms with van der Waals surface area (Å²) in [5.74, 6) is 0.452. The van der Waals surface area contributed by atoms with Gasteiger partial charge in [0.2, 0.25) is 10.0 Å². The van der Waals surface area contributed by atoms with Crippen molar-refractivity contribution in [2.75, 3.05) is 24.7 Å². The minimum absolute atomic E-state index is 0.0413. The van der Waals surface area contributed by atoms with Crippen molar-refractivity contribution in [1.82, 2.24) is 24.3 Å². The number of ether oxygens (including phenoxy) is 1. The highest BCUT2D eigenvalue weighted by molar-refractivity contribution is 7.89. The first-order chi connectivity index (χ1) is 16.8. The minimum Gasteiger partial charge on any atom is -0.377 e. The predicted octanol–water partition coefficient (Wildman–Crippen LogP) is 2.74. The first-order valence-electron chi connectivity index (χ1n) is 11.2. The number of pyridine rings is 1. The van der Waals surface area contributed by atoms with Crippen molar-refractivity contribution < 1.29 is 21.9 Å². The van der Waals surface area contributed by atoms with E-state index in [4.69, 9.17) is 4.74 Å². The fourth-order valence-electron chi connectivity index (χ4n) is 4.46. The van der Waals surface area contributed by atoms with Gasteiger partial charge in [0.1, 0.15) is 16.1 Å². The molecular weight excluding hydrogens is 500 g/mol. The molecular formula is C21H21F2N7O3S2. The van der Waals surface area contributed by atoms with Crippen molar-refractivity contribution in [3.8, 4) is 16.8 Å². The number of halogens is 2. The molecule has 14 heteroatoms. The van der Waals surface area contributed by atoms with Crippen molar-refractivity contribution >= 4 is 32.7 Å². The van der Waals surface area contributed by atoms with Crippen molar-refractivity contribution in [3.63, 3.8) is 0 Å². The molecule has 35 heavy (non-hydrogen) atoms. The molecule has 4 heterocycles. The summed E-state index contributed by atoms with van der Waals surface area (Å²) >= 11 is 0.733. The van der Waals surface area contributed by atoms with Gasteiger partial charge in [-0.1, -0.05) is 11.3 Å². The fourth-order valence-corrected chi connectivity index (χ4v) is 6.56. The number of hydrogen-bond donors (Lipinski definition) is 1. The number of nitrogens with one attached hydrogen (secondary N) is 1. The standard InChI is InChI=1S/C21H21F2N7O3S2/c22-17(23)20-27-26-19(34-20)15-8-25-18-14(29-5-6-33-10-16(29)12-1-2-12)7-13(9-30(15)18)35(31,32)28-21(11-24)3-4-21/h7-9,12,16-17,28H,1-6,10H2/t16-/m0/s1. The molecule has 3 aromatic heterocycles. The smallest absolute Gasteiger partial charge is 0.291 e. The first-order valence-corrected chi connectivity index (χ1v) is 13.5. The molecule has 184 valence electrons. The highest BCUT2D eigenvalue weighted by atomic mass is 32.2. The minimum atomic E-state index is -4.06. The van der Waals surface area contributed by atoms with Gasteiger partial charge in [0, 0.05) is 12.7 Å². The van der Waals surface area contributed by atoms with Gasteiger partial charge in [0.25, 0.3) is 6.43 Å². The van der Waals surface area contributed by atoms with E-state index in [-0.39, 0.29) is 15.9 Å². The second-order valence-electron chi connectivity index (χ2n) is 9.12. The number of morpholine rings is 1. The van der Waals surface area contributed by atoms with E-state index >= 15 is 0 Å². The fraction of sp³-hybridized carbons (Fsp3) is 0.524. The number of sulfonamides is 1. The zero-order chi connectivity index (χ0) is 24.4. The number of aromatic nitrogens is 4. The van der Waals surface area contributed by atoms with Crippen LogP contribution in [0.15, 0.2) is 23.4 Å². The van der Waals surface area contributed by atoms with Gasteiger partial charge in [0.15, 0.2) is 15.7 Å². The number of imidazole rings is 1. The van der Waals surface area contributed by atoms with E-state index in [2.05, 4.69) is 24.8 Å². The molecule has 0 radical (unpaired) electrons. The van der Waals surface area contributed by atoms with Crippen LogP contribution in [0.3, 0.4) is 0 Å². The second-order valence-corrected chi connectivity index (χ2v) is 11.8. The molecule has 3 aliphatic rings. The Morgan fingerprint density at radius 3 is 2.77 bits per heavy atom. The van der Waals surface area contributed by atoms with E-state index in [0.29, 0.717) is 55.5 Å². The van der Waals surface area contributed by atoms with Crippen LogP contribution >= 0.6 is 11.3 Å². The van der Waals surface area contributed by atoms with E-state index in [0.717, 1.165) is 24.2 Å². The Hall–Kier alpha value is -2.73. The molecule has 0 spiro atoms. The summed E-state index contributed by atoms with van der Waals surface area (Å²) in [4.78, 5) is 6.62. The van der Waals surface area contributed by atoms with Gasteiger partial charge < -0.3 is 9.64 Å². The van der Waals surface area contributed by atoms with Gasteiger partial charge in [-0.05, 0) is 37.7 Å². The summed E-state index contributed by atoms with van der Waals surface area (Å²) in [6.45, 7) is 1.58. The summed E-state index contributed by atoms with van der Waals surface area (Å²) in [6.07, 6.45) is 3.17. The maximum atomic E-state index is 13.4. The van der Waals surface area contributed by atoms with Crippen LogP contribution in [0, 0.1) is 17.2 Å². The Balaban J connectivity index is 1.51. The zero-order valence-electron chi connectivity index (χ0n) is 18.4. The number of hydrogen-bond acceptors (Lipinski definition) is 9. The van der Waals surface area contributed by atoms with Crippen molar-refractivity contribution in [2.24, 2.45) is 5.92 Å². The molecule has 1 N–H and O–H groups in total. The molecule has 1 aliphatic heterocycles. The Morgan fingerprint density at radius 2 is 2.11 bits per heavy atom. The number of rotatable bonds is 7. The molecule has 2 saturated carbocycles. The average Bonchev–Trinajstić information content (AvgIpc) is 3.74. The highest BCUT2D eigenvalue weighted by Gasteiger charge is 2.47. The summed E-state index contributed by atoms with van der Waals surface area (Å²) in [5, 5.41) is 16.6. The largest absolute Gasteiger partial charge is 0.377 e. The van der Waals surface area contributed by atoms with Crippen LogP contribution in [0.4, 0.5) is 14.5 Å². The first kappa shape index (κ1) is 22.7. The molecule has 3 aromatic rings. The van der Waals surface area contributed by atoms with Gasteiger partial charge in [-0.25, -0.2) is 22.2 Å². The van der Waals surface area contributed by atoms with Crippen LogP contribution in [0.5, 0.6) is 0 Å². The maximum absolute atomic E-state index is 13.4. The van der Waals surface area contributed by atoms with Crippen LogP contribution in [0.2, 0.25) is 0 Å².